The van der Waals surface area contributed by atoms with Gasteiger partial charge in [-0.3, -0.25) is 4.79 Å². The highest BCUT2D eigenvalue weighted by Crippen LogP contribution is 2.48. The molecule has 0 atom stereocenters. The molecule has 1 amide bonds. The highest BCUT2D eigenvalue weighted by molar-refractivity contribution is 6.02. The van der Waals surface area contributed by atoms with Crippen LogP contribution in [0.2, 0.25) is 0 Å². The molecule has 16 heavy (non-hydrogen) atoms. The van der Waals surface area contributed by atoms with Gasteiger partial charge in [-0.25, -0.2) is 0 Å². The third kappa shape index (κ3) is 1.18. The van der Waals surface area contributed by atoms with Crippen molar-refractivity contribution in [2.45, 2.75) is 12.8 Å². The number of carbonyl (C=O) groups excluding carboxylic acids is 1. The first kappa shape index (κ1) is 9.22. The molecule has 1 saturated carbocycles. The molecule has 2 N–H and O–H groups in total. The Hall–Kier alpha value is -2.02. The normalized spacial score (nSPS) is 20.1. The minimum absolute atomic E-state index is 0.0430. The summed E-state index contributed by atoms with van der Waals surface area (Å²) in [6, 6.07) is 7.52. The lowest BCUT2D eigenvalue weighted by molar-refractivity contribution is -0.120. The third-order valence-electron chi connectivity index (χ3n) is 3.38. The van der Waals surface area contributed by atoms with Crippen LogP contribution in [0.1, 0.15) is 18.4 Å². The van der Waals surface area contributed by atoms with Gasteiger partial charge < -0.3 is 10.6 Å². The van der Waals surface area contributed by atoms with Gasteiger partial charge in [0.1, 0.15) is 6.07 Å². The summed E-state index contributed by atoms with van der Waals surface area (Å²) in [4.78, 5) is 12.0. The molecule has 1 aliphatic heterocycles. The van der Waals surface area contributed by atoms with Crippen LogP contribution in [0.25, 0.3) is 0 Å². The number of nitrogens with one attached hydrogen (secondary N) is 2. The summed E-state index contributed by atoms with van der Waals surface area (Å²) in [5, 5.41) is 15.1. The number of nitriles is 1. The molecule has 2 aliphatic rings. The molecule has 0 radical (unpaired) electrons. The Labute approximate surface area is 93.3 Å². The van der Waals surface area contributed by atoms with Gasteiger partial charge in [-0.2, -0.15) is 5.26 Å². The summed E-state index contributed by atoms with van der Waals surface area (Å²) in [5.74, 6) is 0.0430. The minimum Gasteiger partial charge on any atom is -0.382 e. The quantitative estimate of drug-likeness (QED) is 0.689. The van der Waals surface area contributed by atoms with Gasteiger partial charge >= 0.3 is 0 Å². The number of fused-ring (bicyclic) bond motifs is 1. The topological polar surface area (TPSA) is 64.9 Å². The van der Waals surface area contributed by atoms with Gasteiger partial charge in [0.2, 0.25) is 5.91 Å². The van der Waals surface area contributed by atoms with Crippen LogP contribution in [0.5, 0.6) is 0 Å². The van der Waals surface area contributed by atoms with Gasteiger partial charge in [-0.15, -0.1) is 0 Å². The average Bonchev–Trinajstić information content (AvgIpc) is 3.09. The Kier molecular flexibility index (Phi) is 1.72. The fourth-order valence-corrected chi connectivity index (χ4v) is 2.07. The molecule has 4 heteroatoms. The molecule has 1 aromatic rings. The number of hydrogen-bond acceptors (Lipinski definition) is 3. The van der Waals surface area contributed by atoms with Crippen molar-refractivity contribution in [2.24, 2.45) is 5.41 Å². The zero-order valence-corrected chi connectivity index (χ0v) is 8.71. The summed E-state index contributed by atoms with van der Waals surface area (Å²) in [6.45, 7) is 0.667. The van der Waals surface area contributed by atoms with Crippen LogP contribution in [0.4, 0.5) is 11.4 Å². The first-order valence-corrected chi connectivity index (χ1v) is 5.34. The van der Waals surface area contributed by atoms with Crippen LogP contribution in [0.3, 0.4) is 0 Å². The Morgan fingerprint density at radius 2 is 2.19 bits per heavy atom. The van der Waals surface area contributed by atoms with Crippen LogP contribution >= 0.6 is 0 Å². The van der Waals surface area contributed by atoms with Gasteiger partial charge in [0.25, 0.3) is 0 Å². The number of nitrogens with zero attached hydrogens (tertiary/aromatic N) is 1. The van der Waals surface area contributed by atoms with Crippen LogP contribution in [-0.2, 0) is 4.79 Å². The molecule has 4 nitrogen and oxygen atoms in total. The van der Waals surface area contributed by atoms with E-state index in [0.717, 1.165) is 18.5 Å². The van der Waals surface area contributed by atoms with Gasteiger partial charge in [-0.05, 0) is 25.0 Å². The predicted octanol–water partition coefficient (Wildman–Crippen LogP) is 1.70. The Balaban J connectivity index is 2.07. The molecule has 0 aromatic heterocycles. The number of anilines is 2. The highest BCUT2D eigenvalue weighted by atomic mass is 16.2. The Bertz CT molecular complexity index is 511. The second kappa shape index (κ2) is 2.99. The zero-order chi connectivity index (χ0) is 11.2. The van der Waals surface area contributed by atoms with Gasteiger partial charge in [0.05, 0.1) is 22.4 Å². The fourth-order valence-electron chi connectivity index (χ4n) is 2.07. The maximum Gasteiger partial charge on any atom is 0.232 e. The van der Waals surface area contributed by atoms with Crippen molar-refractivity contribution in [3.63, 3.8) is 0 Å². The van der Waals surface area contributed by atoms with Crippen molar-refractivity contribution in [3.8, 4) is 6.07 Å². The second-order valence-electron chi connectivity index (χ2n) is 4.43. The van der Waals surface area contributed by atoms with E-state index >= 15 is 0 Å². The average molecular weight is 213 g/mol. The van der Waals surface area contributed by atoms with Crippen LogP contribution in [0.15, 0.2) is 18.2 Å². The van der Waals surface area contributed by atoms with E-state index in [1.807, 2.05) is 12.1 Å². The van der Waals surface area contributed by atoms with E-state index in [-0.39, 0.29) is 11.3 Å². The van der Waals surface area contributed by atoms with Crippen LogP contribution < -0.4 is 10.6 Å². The summed E-state index contributed by atoms with van der Waals surface area (Å²) in [7, 11) is 0. The molecule has 80 valence electrons. The summed E-state index contributed by atoms with van der Waals surface area (Å²) in [5.41, 5.74) is 1.75. The first-order valence-electron chi connectivity index (χ1n) is 5.34. The standard InChI is InChI=1S/C12H11N3O/c13-6-8-2-1-3-9-10(8)15-11(16)12(4-5-12)7-14-9/h1-3,14H,4-5,7H2,(H,15,16). The lowest BCUT2D eigenvalue weighted by Crippen LogP contribution is -2.27. The molecule has 0 unspecified atom stereocenters. The maximum atomic E-state index is 12.0. The van der Waals surface area contributed by atoms with Crippen molar-refractivity contribution in [1.82, 2.24) is 0 Å². The second-order valence-corrected chi connectivity index (χ2v) is 4.43. The largest absolute Gasteiger partial charge is 0.382 e. The van der Waals surface area contributed by atoms with Gasteiger partial charge in [-0.1, -0.05) is 6.07 Å². The number of hydrogen-bond donors (Lipinski definition) is 2. The molecule has 3 rings (SSSR count). The highest BCUT2D eigenvalue weighted by Gasteiger charge is 2.50. The smallest absolute Gasteiger partial charge is 0.232 e. The van der Waals surface area contributed by atoms with Gasteiger partial charge in [0, 0.05) is 6.54 Å². The predicted molar refractivity (Wildman–Crippen MR) is 59.9 cm³/mol. The van der Waals surface area contributed by atoms with E-state index in [1.54, 1.807) is 6.07 Å². The van der Waals surface area contributed by atoms with E-state index in [4.69, 9.17) is 5.26 Å². The minimum atomic E-state index is -0.230. The molecule has 1 fully saturated rings. The molecule has 1 aliphatic carbocycles. The number of amides is 1. The number of para-hydroxylation sites is 1. The monoisotopic (exact) mass is 213 g/mol. The van der Waals surface area contributed by atoms with Crippen molar-refractivity contribution < 1.29 is 4.79 Å². The van der Waals surface area contributed by atoms with Gasteiger partial charge in [0.15, 0.2) is 0 Å². The summed E-state index contributed by atoms with van der Waals surface area (Å²) >= 11 is 0. The van der Waals surface area contributed by atoms with Crippen molar-refractivity contribution >= 4 is 17.3 Å². The lowest BCUT2D eigenvalue weighted by Gasteiger charge is -2.09. The van der Waals surface area contributed by atoms with Crippen LogP contribution in [0, 0.1) is 16.7 Å². The maximum absolute atomic E-state index is 12.0. The van der Waals surface area contributed by atoms with E-state index < -0.39 is 0 Å². The summed E-state index contributed by atoms with van der Waals surface area (Å²) in [6.07, 6.45) is 1.86. The van der Waals surface area contributed by atoms with Crippen molar-refractivity contribution in [1.29, 1.82) is 5.26 Å². The number of rotatable bonds is 0. The molecule has 0 bridgehead atoms. The van der Waals surface area contributed by atoms with E-state index in [9.17, 15) is 4.79 Å². The van der Waals surface area contributed by atoms with Crippen LogP contribution in [-0.4, -0.2) is 12.5 Å². The Morgan fingerprint density at radius 1 is 1.38 bits per heavy atom. The number of benzene rings is 1. The molecule has 1 heterocycles. The van der Waals surface area contributed by atoms with E-state index in [0.29, 0.717) is 17.8 Å². The molecule has 1 aromatic carbocycles. The first-order chi connectivity index (χ1) is 7.75. The zero-order valence-electron chi connectivity index (χ0n) is 8.71. The molecular formula is C12H11N3O. The van der Waals surface area contributed by atoms with E-state index in [2.05, 4.69) is 16.7 Å². The lowest BCUT2D eigenvalue weighted by atomic mass is 10.1. The van der Waals surface area contributed by atoms with Crippen molar-refractivity contribution in [2.75, 3.05) is 17.2 Å². The van der Waals surface area contributed by atoms with Crippen molar-refractivity contribution in [3.05, 3.63) is 23.8 Å². The molecule has 1 spiro atoms. The third-order valence-corrected chi connectivity index (χ3v) is 3.38. The Morgan fingerprint density at radius 3 is 2.88 bits per heavy atom. The fraction of sp³-hybridized carbons (Fsp3) is 0.333. The molecular weight excluding hydrogens is 202 g/mol. The SMILES string of the molecule is N#Cc1cccc2c1NC(=O)C1(CC1)CN2. The number of carbonyl (C=O) groups is 1. The molecule has 0 saturated heterocycles. The summed E-state index contributed by atoms with van der Waals surface area (Å²) < 4.78 is 0. The van der Waals surface area contributed by atoms with E-state index in [1.165, 1.54) is 0 Å².